The van der Waals surface area contributed by atoms with Crippen LogP contribution in [-0.2, 0) is 11.3 Å². The van der Waals surface area contributed by atoms with Gasteiger partial charge < -0.3 is 9.88 Å². The number of hydrogen-bond acceptors (Lipinski definition) is 3. The number of aromatic nitrogens is 2. The summed E-state index contributed by atoms with van der Waals surface area (Å²) in [7, 11) is 0. The Kier molecular flexibility index (Phi) is 3.41. The molecule has 1 N–H and O–H groups in total. The summed E-state index contributed by atoms with van der Waals surface area (Å²) in [6, 6.07) is 8.12. The summed E-state index contributed by atoms with van der Waals surface area (Å²) in [6.45, 7) is 0.524. The first kappa shape index (κ1) is 14.4. The Labute approximate surface area is 140 Å². The molecule has 0 bridgehead atoms. The van der Waals surface area contributed by atoms with E-state index in [4.69, 9.17) is 12.2 Å². The third-order valence-electron chi connectivity index (χ3n) is 4.78. The molecule has 1 aliphatic heterocycles. The van der Waals surface area contributed by atoms with E-state index in [1.54, 1.807) is 17.4 Å². The molecule has 23 heavy (non-hydrogen) atoms. The van der Waals surface area contributed by atoms with Crippen LogP contribution >= 0.6 is 12.2 Å². The lowest BCUT2D eigenvalue weighted by atomic mass is 9.98. The molecule has 0 unspecified atom stereocenters. The van der Waals surface area contributed by atoms with Crippen LogP contribution in [0.15, 0.2) is 43.0 Å². The molecule has 2 aromatic rings. The molecule has 6 heteroatoms. The minimum absolute atomic E-state index is 0.138. The molecule has 4 rings (SSSR count). The third-order valence-corrected chi connectivity index (χ3v) is 5.11. The molecule has 5 nitrogen and oxygen atoms in total. The molecule has 2 heterocycles. The van der Waals surface area contributed by atoms with E-state index < -0.39 is 5.54 Å². The fourth-order valence-corrected chi connectivity index (χ4v) is 3.85. The number of carbonyl (C=O) groups excluding carboxylic acids is 1. The van der Waals surface area contributed by atoms with E-state index in [1.807, 2.05) is 35.0 Å². The van der Waals surface area contributed by atoms with Crippen molar-refractivity contribution in [1.29, 1.82) is 0 Å². The second-order valence-corrected chi connectivity index (χ2v) is 6.63. The maximum atomic E-state index is 12.8. The Morgan fingerprint density at radius 3 is 2.61 bits per heavy atom. The summed E-state index contributed by atoms with van der Waals surface area (Å²) >= 11 is 5.40. The van der Waals surface area contributed by atoms with E-state index in [-0.39, 0.29) is 5.91 Å². The van der Waals surface area contributed by atoms with Crippen LogP contribution in [-0.4, -0.2) is 31.0 Å². The second kappa shape index (κ2) is 5.45. The zero-order valence-corrected chi connectivity index (χ0v) is 13.6. The van der Waals surface area contributed by atoms with Gasteiger partial charge in [0.15, 0.2) is 5.11 Å². The first-order valence-electron chi connectivity index (χ1n) is 7.89. The summed E-state index contributed by atoms with van der Waals surface area (Å²) in [5.41, 5.74) is 1.70. The summed E-state index contributed by atoms with van der Waals surface area (Å²) in [6.07, 6.45) is 9.39. The fourth-order valence-electron chi connectivity index (χ4n) is 3.51. The minimum Gasteiger partial charge on any atom is -0.348 e. The number of rotatable bonds is 3. The van der Waals surface area contributed by atoms with E-state index in [0.29, 0.717) is 11.7 Å². The molecule has 1 aromatic heterocycles. The summed E-state index contributed by atoms with van der Waals surface area (Å²) in [5.74, 6) is 0.138. The highest BCUT2D eigenvalue weighted by Crippen LogP contribution is 2.35. The Morgan fingerprint density at radius 2 is 1.96 bits per heavy atom. The first-order valence-corrected chi connectivity index (χ1v) is 8.30. The van der Waals surface area contributed by atoms with Crippen molar-refractivity contribution in [3.05, 3.63) is 48.5 Å². The van der Waals surface area contributed by atoms with Gasteiger partial charge in [-0.25, -0.2) is 4.98 Å². The van der Waals surface area contributed by atoms with Gasteiger partial charge in [-0.15, -0.1) is 0 Å². The van der Waals surface area contributed by atoms with Crippen molar-refractivity contribution >= 4 is 23.2 Å². The summed E-state index contributed by atoms with van der Waals surface area (Å²) < 4.78 is 1.95. The predicted octanol–water partition coefficient (Wildman–Crippen LogP) is 2.40. The lowest BCUT2D eigenvalue weighted by molar-refractivity contribution is -0.131. The number of nitrogens with one attached hydrogen (secondary N) is 1. The van der Waals surface area contributed by atoms with Crippen molar-refractivity contribution in [2.45, 2.75) is 37.8 Å². The van der Waals surface area contributed by atoms with E-state index in [0.717, 1.165) is 36.9 Å². The Hall–Kier alpha value is -2.21. The number of benzene rings is 1. The lowest BCUT2D eigenvalue weighted by Gasteiger charge is -2.20. The average Bonchev–Trinajstić information content (AvgIpc) is 3.28. The van der Waals surface area contributed by atoms with Crippen molar-refractivity contribution in [1.82, 2.24) is 19.8 Å². The molecule has 1 saturated carbocycles. The molecular formula is C17H18N4OS. The molecule has 0 atom stereocenters. The molecule has 1 saturated heterocycles. The molecule has 2 fully saturated rings. The second-order valence-electron chi connectivity index (χ2n) is 6.25. The normalized spacial score (nSPS) is 19.6. The van der Waals surface area contributed by atoms with Gasteiger partial charge in [-0.2, -0.15) is 0 Å². The quantitative estimate of drug-likeness (QED) is 0.880. The number of carbonyl (C=O) groups is 1. The van der Waals surface area contributed by atoms with Crippen LogP contribution in [0.25, 0.3) is 5.69 Å². The monoisotopic (exact) mass is 326 g/mol. The molecule has 1 amide bonds. The largest absolute Gasteiger partial charge is 0.348 e. The van der Waals surface area contributed by atoms with Crippen molar-refractivity contribution < 1.29 is 4.79 Å². The highest BCUT2D eigenvalue weighted by atomic mass is 32.1. The number of hydrogen-bond donors (Lipinski definition) is 1. The van der Waals surface area contributed by atoms with Gasteiger partial charge in [-0.1, -0.05) is 25.0 Å². The molecular weight excluding hydrogens is 308 g/mol. The zero-order chi connectivity index (χ0) is 15.9. The molecule has 1 aromatic carbocycles. The van der Waals surface area contributed by atoms with Crippen LogP contribution < -0.4 is 5.32 Å². The molecule has 1 aliphatic carbocycles. The van der Waals surface area contributed by atoms with Gasteiger partial charge in [-0.05, 0) is 42.8 Å². The summed E-state index contributed by atoms with van der Waals surface area (Å²) in [4.78, 5) is 18.5. The van der Waals surface area contributed by atoms with Gasteiger partial charge >= 0.3 is 0 Å². The standard InChI is InChI=1S/C17H18N4OS/c22-15-17(7-1-2-8-17)19-16(23)21(15)11-13-3-5-14(6-4-13)20-10-9-18-12-20/h3-6,9-10,12H,1-2,7-8,11H2,(H,19,23). The van der Waals surface area contributed by atoms with Crippen LogP contribution in [0, 0.1) is 0 Å². The molecule has 2 aliphatic rings. The van der Waals surface area contributed by atoms with E-state index in [2.05, 4.69) is 10.3 Å². The van der Waals surface area contributed by atoms with Crippen molar-refractivity contribution in [2.75, 3.05) is 0 Å². The van der Waals surface area contributed by atoms with E-state index >= 15 is 0 Å². The van der Waals surface area contributed by atoms with Crippen LogP contribution in [0.4, 0.5) is 0 Å². The fraction of sp³-hybridized carbons (Fsp3) is 0.353. The SMILES string of the molecule is O=C1N(Cc2ccc(-n3ccnc3)cc2)C(=S)NC12CCCC2. The van der Waals surface area contributed by atoms with Crippen molar-refractivity contribution in [2.24, 2.45) is 0 Å². The molecule has 1 spiro atoms. The van der Waals surface area contributed by atoms with Gasteiger partial charge in [-0.3, -0.25) is 9.69 Å². The highest BCUT2D eigenvalue weighted by molar-refractivity contribution is 7.80. The first-order chi connectivity index (χ1) is 11.2. The van der Waals surface area contributed by atoms with Gasteiger partial charge in [0.05, 0.1) is 12.9 Å². The van der Waals surface area contributed by atoms with Crippen molar-refractivity contribution in [3.63, 3.8) is 0 Å². The topological polar surface area (TPSA) is 50.2 Å². The van der Waals surface area contributed by atoms with Gasteiger partial charge in [0.25, 0.3) is 5.91 Å². The van der Waals surface area contributed by atoms with Crippen LogP contribution in [0.3, 0.4) is 0 Å². The zero-order valence-electron chi connectivity index (χ0n) is 12.7. The summed E-state index contributed by atoms with van der Waals surface area (Å²) in [5, 5.41) is 3.84. The van der Waals surface area contributed by atoms with Crippen LogP contribution in [0.5, 0.6) is 0 Å². The molecule has 118 valence electrons. The Morgan fingerprint density at radius 1 is 1.22 bits per heavy atom. The van der Waals surface area contributed by atoms with E-state index in [9.17, 15) is 4.79 Å². The number of thiocarbonyl (C=S) groups is 1. The minimum atomic E-state index is -0.423. The van der Waals surface area contributed by atoms with E-state index in [1.165, 1.54) is 0 Å². The van der Waals surface area contributed by atoms with Crippen molar-refractivity contribution in [3.8, 4) is 5.69 Å². The number of amides is 1. The number of nitrogens with zero attached hydrogens (tertiary/aromatic N) is 3. The maximum absolute atomic E-state index is 12.8. The van der Waals surface area contributed by atoms with Gasteiger partial charge in [0.2, 0.25) is 0 Å². The lowest BCUT2D eigenvalue weighted by Crippen LogP contribution is -2.44. The van der Waals surface area contributed by atoms with Crippen LogP contribution in [0.1, 0.15) is 31.2 Å². The van der Waals surface area contributed by atoms with Crippen LogP contribution in [0.2, 0.25) is 0 Å². The highest BCUT2D eigenvalue weighted by Gasteiger charge is 2.50. The maximum Gasteiger partial charge on any atom is 0.254 e. The van der Waals surface area contributed by atoms with Gasteiger partial charge in [0, 0.05) is 18.1 Å². The average molecular weight is 326 g/mol. The number of imidazole rings is 1. The predicted molar refractivity (Wildman–Crippen MR) is 91.0 cm³/mol. The Balaban J connectivity index is 1.52. The Bertz CT molecular complexity index is 732. The van der Waals surface area contributed by atoms with Gasteiger partial charge in [0.1, 0.15) is 5.54 Å². The smallest absolute Gasteiger partial charge is 0.254 e. The third kappa shape index (κ3) is 2.43. The molecule has 0 radical (unpaired) electrons.